The lowest BCUT2D eigenvalue weighted by molar-refractivity contribution is 0.0202. The Bertz CT molecular complexity index is 628. The fraction of sp³-hybridized carbons (Fsp3) is 0.632. The quantitative estimate of drug-likeness (QED) is 0.793. The largest absolute Gasteiger partial charge is 0.496 e. The number of benzene rings is 1. The number of urea groups is 1. The van der Waals surface area contributed by atoms with Crippen LogP contribution < -0.4 is 15.4 Å². The Balaban J connectivity index is 1.68. The molecule has 1 saturated heterocycles. The van der Waals surface area contributed by atoms with E-state index in [0.29, 0.717) is 24.8 Å². The highest BCUT2D eigenvalue weighted by Crippen LogP contribution is 2.40. The third-order valence-corrected chi connectivity index (χ3v) is 5.77. The van der Waals surface area contributed by atoms with Crippen molar-refractivity contribution in [1.29, 1.82) is 0 Å². The van der Waals surface area contributed by atoms with Gasteiger partial charge < -0.3 is 24.8 Å². The van der Waals surface area contributed by atoms with E-state index < -0.39 is 0 Å². The van der Waals surface area contributed by atoms with Crippen LogP contribution in [0.5, 0.6) is 5.75 Å². The number of hydrogen-bond acceptors (Lipinski definition) is 4. The van der Waals surface area contributed by atoms with Gasteiger partial charge in [0, 0.05) is 48.9 Å². The fourth-order valence-electron chi connectivity index (χ4n) is 3.76. The molecule has 1 heterocycles. The molecule has 0 radical (unpaired) electrons. The molecule has 0 unspecified atom stereocenters. The monoisotopic (exact) mass is 382 g/mol. The smallest absolute Gasteiger partial charge is 0.315 e. The molecule has 7 heteroatoms. The number of carbonyl (C=O) groups is 1. The summed E-state index contributed by atoms with van der Waals surface area (Å²) in [5, 5.41) is 6.72. The summed E-state index contributed by atoms with van der Waals surface area (Å²) in [6.07, 6.45) is 3.60. The molecule has 1 aromatic carbocycles. The SMILES string of the molecule is COc1ccc(Cl)cc1C1(CNC(=O)NC2CC(OC)C2)CCOCC1. The standard InChI is InChI=1S/C19H27ClN2O4/c1-24-15-10-14(11-15)22-18(23)21-12-19(5-7-26-8-6-19)16-9-13(20)3-4-17(16)25-2/h3-4,9,14-15H,5-8,10-12H2,1-2H3,(H2,21,22,23). The van der Waals surface area contributed by atoms with E-state index in [1.54, 1.807) is 14.2 Å². The molecule has 2 amide bonds. The highest BCUT2D eigenvalue weighted by Gasteiger charge is 2.38. The fourth-order valence-corrected chi connectivity index (χ4v) is 3.93. The first-order valence-electron chi connectivity index (χ1n) is 9.05. The number of carbonyl (C=O) groups excluding carboxylic acids is 1. The van der Waals surface area contributed by atoms with Gasteiger partial charge in [-0.1, -0.05) is 11.6 Å². The van der Waals surface area contributed by atoms with E-state index in [1.165, 1.54) is 0 Å². The lowest BCUT2D eigenvalue weighted by atomic mass is 9.73. The molecular formula is C19H27ClN2O4. The van der Waals surface area contributed by atoms with Gasteiger partial charge in [0.05, 0.1) is 13.2 Å². The van der Waals surface area contributed by atoms with Crippen LogP contribution in [0.25, 0.3) is 0 Å². The molecule has 1 aliphatic heterocycles. The maximum Gasteiger partial charge on any atom is 0.315 e. The molecule has 26 heavy (non-hydrogen) atoms. The molecule has 1 saturated carbocycles. The number of nitrogens with one attached hydrogen (secondary N) is 2. The van der Waals surface area contributed by atoms with Crippen LogP contribution in [0.3, 0.4) is 0 Å². The molecule has 2 N–H and O–H groups in total. The van der Waals surface area contributed by atoms with Crippen LogP contribution in [0.1, 0.15) is 31.2 Å². The second-order valence-electron chi connectivity index (χ2n) is 7.09. The van der Waals surface area contributed by atoms with Gasteiger partial charge in [0.1, 0.15) is 5.75 Å². The molecule has 2 aliphatic rings. The highest BCUT2D eigenvalue weighted by molar-refractivity contribution is 6.30. The second-order valence-corrected chi connectivity index (χ2v) is 7.53. The van der Waals surface area contributed by atoms with E-state index >= 15 is 0 Å². The normalized spacial score (nSPS) is 24.4. The number of hydrogen-bond donors (Lipinski definition) is 2. The third-order valence-electron chi connectivity index (χ3n) is 5.53. The minimum Gasteiger partial charge on any atom is -0.496 e. The van der Waals surface area contributed by atoms with Gasteiger partial charge in [0.25, 0.3) is 0 Å². The Morgan fingerprint density at radius 3 is 2.69 bits per heavy atom. The van der Waals surface area contributed by atoms with E-state index in [4.69, 9.17) is 25.8 Å². The number of amides is 2. The summed E-state index contributed by atoms with van der Waals surface area (Å²) >= 11 is 6.24. The average molecular weight is 383 g/mol. The van der Waals surface area contributed by atoms with Gasteiger partial charge in [-0.05, 0) is 43.9 Å². The zero-order valence-corrected chi connectivity index (χ0v) is 16.1. The molecule has 3 rings (SSSR count). The Labute approximate surface area is 159 Å². The molecule has 0 spiro atoms. The number of ether oxygens (including phenoxy) is 3. The summed E-state index contributed by atoms with van der Waals surface area (Å²) in [5.41, 5.74) is 0.778. The number of rotatable bonds is 6. The molecule has 6 nitrogen and oxygen atoms in total. The molecule has 1 aromatic rings. The van der Waals surface area contributed by atoms with Crippen molar-refractivity contribution < 1.29 is 19.0 Å². The summed E-state index contributed by atoms with van der Waals surface area (Å²) < 4.78 is 16.4. The molecular weight excluding hydrogens is 356 g/mol. The van der Waals surface area contributed by atoms with Crippen molar-refractivity contribution in [2.45, 2.75) is 43.2 Å². The minimum atomic E-state index is -0.249. The van der Waals surface area contributed by atoms with Crippen LogP contribution in [0, 0.1) is 0 Å². The predicted octanol–water partition coefficient (Wildman–Crippen LogP) is 2.87. The van der Waals surface area contributed by atoms with Crippen LogP contribution in [0.4, 0.5) is 4.79 Å². The molecule has 0 atom stereocenters. The van der Waals surface area contributed by atoms with Gasteiger partial charge in [-0.25, -0.2) is 4.79 Å². The van der Waals surface area contributed by atoms with Crippen molar-refractivity contribution in [1.82, 2.24) is 10.6 Å². The first kappa shape index (κ1) is 19.3. The van der Waals surface area contributed by atoms with Gasteiger partial charge >= 0.3 is 6.03 Å². The minimum absolute atomic E-state index is 0.142. The van der Waals surface area contributed by atoms with Gasteiger partial charge in [0.15, 0.2) is 0 Å². The zero-order chi connectivity index (χ0) is 18.6. The van der Waals surface area contributed by atoms with Crippen LogP contribution in [0.15, 0.2) is 18.2 Å². The Hall–Kier alpha value is -1.50. The summed E-state index contributed by atoms with van der Waals surface area (Å²) in [6, 6.07) is 5.69. The van der Waals surface area contributed by atoms with E-state index in [9.17, 15) is 4.79 Å². The molecule has 1 aliphatic carbocycles. The van der Waals surface area contributed by atoms with Gasteiger partial charge in [-0.15, -0.1) is 0 Å². The predicted molar refractivity (Wildman–Crippen MR) is 100 cm³/mol. The van der Waals surface area contributed by atoms with Crippen molar-refractivity contribution in [3.63, 3.8) is 0 Å². The van der Waals surface area contributed by atoms with Crippen molar-refractivity contribution >= 4 is 17.6 Å². The maximum absolute atomic E-state index is 12.3. The number of halogens is 1. The summed E-state index contributed by atoms with van der Waals surface area (Å²) in [7, 11) is 3.36. The summed E-state index contributed by atoms with van der Waals surface area (Å²) in [4.78, 5) is 12.3. The van der Waals surface area contributed by atoms with E-state index in [1.807, 2.05) is 18.2 Å². The lowest BCUT2D eigenvalue weighted by Crippen LogP contribution is -2.53. The van der Waals surface area contributed by atoms with E-state index in [-0.39, 0.29) is 23.6 Å². The molecule has 0 aromatic heterocycles. The van der Waals surface area contributed by atoms with Crippen molar-refractivity contribution in [3.05, 3.63) is 28.8 Å². The lowest BCUT2D eigenvalue weighted by Gasteiger charge is -2.39. The Kier molecular flexibility index (Phi) is 6.27. The summed E-state index contributed by atoms with van der Waals surface area (Å²) in [5.74, 6) is 0.792. The van der Waals surface area contributed by atoms with Crippen LogP contribution in [0.2, 0.25) is 5.02 Å². The first-order chi connectivity index (χ1) is 12.6. The van der Waals surface area contributed by atoms with Gasteiger partial charge in [-0.3, -0.25) is 0 Å². The zero-order valence-electron chi connectivity index (χ0n) is 15.3. The Morgan fingerprint density at radius 2 is 2.04 bits per heavy atom. The highest BCUT2D eigenvalue weighted by atomic mass is 35.5. The van der Waals surface area contributed by atoms with Gasteiger partial charge in [-0.2, -0.15) is 0 Å². The first-order valence-corrected chi connectivity index (χ1v) is 9.43. The topological polar surface area (TPSA) is 68.8 Å². The average Bonchev–Trinajstić information content (AvgIpc) is 2.63. The van der Waals surface area contributed by atoms with Crippen molar-refractivity contribution in [2.24, 2.45) is 0 Å². The molecule has 144 valence electrons. The molecule has 2 fully saturated rings. The van der Waals surface area contributed by atoms with Crippen LogP contribution in [-0.2, 0) is 14.9 Å². The van der Waals surface area contributed by atoms with Crippen LogP contribution >= 0.6 is 11.6 Å². The third kappa shape index (κ3) is 4.24. The Morgan fingerprint density at radius 1 is 1.31 bits per heavy atom. The van der Waals surface area contributed by atoms with Crippen LogP contribution in [-0.4, -0.2) is 52.2 Å². The molecule has 0 bridgehead atoms. The van der Waals surface area contributed by atoms with Gasteiger partial charge in [0.2, 0.25) is 0 Å². The van der Waals surface area contributed by atoms with Crippen molar-refractivity contribution in [3.8, 4) is 5.75 Å². The maximum atomic E-state index is 12.3. The number of methoxy groups -OCH3 is 2. The second kappa shape index (κ2) is 8.46. The van der Waals surface area contributed by atoms with E-state index in [2.05, 4.69) is 10.6 Å². The van der Waals surface area contributed by atoms with E-state index in [0.717, 1.165) is 37.0 Å². The summed E-state index contributed by atoms with van der Waals surface area (Å²) in [6.45, 7) is 1.81. The van der Waals surface area contributed by atoms with Crippen molar-refractivity contribution in [2.75, 3.05) is 34.0 Å².